The zero-order chi connectivity index (χ0) is 21.2. The maximum atomic E-state index is 14.0. The average Bonchev–Trinajstić information content (AvgIpc) is 2.70. The molecule has 2 aromatic carbocycles. The SMILES string of the molecule is CC1CC(C(=O)N(C)C)(S(=O)(=O)c2ccccc2Oc2ccccc2)CCN1C. The lowest BCUT2D eigenvalue weighted by atomic mass is 9.89. The molecule has 0 spiro atoms. The molecule has 0 radical (unpaired) electrons. The van der Waals surface area contributed by atoms with Gasteiger partial charge in [-0.1, -0.05) is 30.3 Å². The number of rotatable bonds is 5. The number of benzene rings is 2. The van der Waals surface area contributed by atoms with Gasteiger partial charge in [-0.25, -0.2) is 8.42 Å². The van der Waals surface area contributed by atoms with Crippen LogP contribution in [0.3, 0.4) is 0 Å². The van der Waals surface area contributed by atoms with E-state index < -0.39 is 14.6 Å². The minimum Gasteiger partial charge on any atom is -0.456 e. The number of ether oxygens (including phenoxy) is 1. The molecule has 1 aliphatic heterocycles. The van der Waals surface area contributed by atoms with Gasteiger partial charge in [-0.05, 0) is 51.1 Å². The Kier molecular flexibility index (Phi) is 6.00. The van der Waals surface area contributed by atoms with Crippen LogP contribution < -0.4 is 4.74 Å². The molecule has 0 N–H and O–H groups in total. The molecule has 1 fully saturated rings. The predicted octanol–water partition coefficient (Wildman–Crippen LogP) is 3.19. The molecule has 29 heavy (non-hydrogen) atoms. The van der Waals surface area contributed by atoms with E-state index in [0.29, 0.717) is 12.3 Å². The van der Waals surface area contributed by atoms with E-state index in [-0.39, 0.29) is 35.4 Å². The summed E-state index contributed by atoms with van der Waals surface area (Å²) >= 11 is 0. The highest BCUT2D eigenvalue weighted by molar-refractivity contribution is 7.93. The van der Waals surface area contributed by atoms with Crippen molar-refractivity contribution in [3.63, 3.8) is 0 Å². The number of sulfone groups is 1. The van der Waals surface area contributed by atoms with Crippen LogP contribution in [0.25, 0.3) is 0 Å². The first kappa shape index (κ1) is 21.3. The summed E-state index contributed by atoms with van der Waals surface area (Å²) in [5.74, 6) is 0.392. The van der Waals surface area contributed by atoms with E-state index in [2.05, 4.69) is 4.90 Å². The Labute approximate surface area is 173 Å². The molecule has 1 aliphatic rings. The van der Waals surface area contributed by atoms with Crippen LogP contribution in [-0.2, 0) is 14.6 Å². The van der Waals surface area contributed by atoms with Crippen LogP contribution in [0, 0.1) is 0 Å². The molecule has 0 saturated carbocycles. The molecule has 1 amide bonds. The van der Waals surface area contributed by atoms with Crippen LogP contribution >= 0.6 is 0 Å². The zero-order valence-electron chi connectivity index (χ0n) is 17.3. The third kappa shape index (κ3) is 3.89. The highest BCUT2D eigenvalue weighted by Gasteiger charge is 2.55. The molecular weight excluding hydrogens is 388 g/mol. The lowest BCUT2D eigenvalue weighted by Gasteiger charge is -2.43. The van der Waals surface area contributed by atoms with Crippen molar-refractivity contribution >= 4 is 15.7 Å². The minimum absolute atomic E-state index is 0.0374. The summed E-state index contributed by atoms with van der Waals surface area (Å²) in [4.78, 5) is 16.8. The Morgan fingerprint density at radius 2 is 1.72 bits per heavy atom. The highest BCUT2D eigenvalue weighted by atomic mass is 32.2. The number of hydrogen-bond donors (Lipinski definition) is 0. The van der Waals surface area contributed by atoms with Crippen LogP contribution in [0.2, 0.25) is 0 Å². The number of amides is 1. The van der Waals surface area contributed by atoms with Crippen molar-refractivity contribution in [3.8, 4) is 11.5 Å². The molecule has 7 heteroatoms. The van der Waals surface area contributed by atoms with Crippen molar-refractivity contribution in [2.45, 2.75) is 35.4 Å². The zero-order valence-corrected chi connectivity index (χ0v) is 18.1. The summed E-state index contributed by atoms with van der Waals surface area (Å²) in [7, 11) is 1.15. The van der Waals surface area contributed by atoms with Crippen LogP contribution in [0.5, 0.6) is 11.5 Å². The average molecular weight is 417 g/mol. The number of piperidine rings is 1. The van der Waals surface area contributed by atoms with Gasteiger partial charge in [-0.3, -0.25) is 4.79 Å². The van der Waals surface area contributed by atoms with Crippen molar-refractivity contribution in [2.24, 2.45) is 0 Å². The van der Waals surface area contributed by atoms with Gasteiger partial charge in [-0.2, -0.15) is 0 Å². The van der Waals surface area contributed by atoms with Crippen LogP contribution in [0.1, 0.15) is 19.8 Å². The third-order valence-corrected chi connectivity index (χ3v) is 8.16. The summed E-state index contributed by atoms with van der Waals surface area (Å²) in [6.07, 6.45) is 0.482. The third-order valence-electron chi connectivity index (χ3n) is 5.67. The van der Waals surface area contributed by atoms with E-state index in [1.165, 1.54) is 11.0 Å². The molecular formula is C22H28N2O4S. The van der Waals surface area contributed by atoms with E-state index in [9.17, 15) is 13.2 Å². The van der Waals surface area contributed by atoms with Gasteiger partial charge in [-0.15, -0.1) is 0 Å². The fourth-order valence-electron chi connectivity index (χ4n) is 3.86. The van der Waals surface area contributed by atoms with Gasteiger partial charge in [0.1, 0.15) is 16.4 Å². The van der Waals surface area contributed by atoms with Crippen molar-refractivity contribution in [1.29, 1.82) is 0 Å². The highest BCUT2D eigenvalue weighted by Crippen LogP contribution is 2.42. The van der Waals surface area contributed by atoms with E-state index in [0.717, 1.165) is 0 Å². The van der Waals surface area contributed by atoms with Gasteiger partial charge >= 0.3 is 0 Å². The van der Waals surface area contributed by atoms with Gasteiger partial charge in [0.15, 0.2) is 14.6 Å². The van der Waals surface area contributed by atoms with Gasteiger partial charge in [0, 0.05) is 26.7 Å². The second-order valence-electron chi connectivity index (χ2n) is 7.84. The monoisotopic (exact) mass is 416 g/mol. The maximum absolute atomic E-state index is 14.0. The van der Waals surface area contributed by atoms with Gasteiger partial charge in [0.05, 0.1) is 0 Å². The first-order valence-electron chi connectivity index (χ1n) is 9.67. The molecule has 1 heterocycles. The molecule has 3 rings (SSSR count). The molecule has 2 unspecified atom stereocenters. The first-order chi connectivity index (χ1) is 13.7. The standard InChI is InChI=1S/C22H28N2O4S/c1-17-16-22(14-15-24(17)4,21(25)23(2)3)29(26,27)20-13-9-8-12-19(20)28-18-10-6-5-7-11-18/h5-13,17H,14-16H2,1-4H3. The van der Waals surface area contributed by atoms with Crippen molar-refractivity contribution in [1.82, 2.24) is 9.80 Å². The predicted molar refractivity (Wildman–Crippen MR) is 113 cm³/mol. The number of carbonyl (C=O) groups is 1. The van der Waals surface area contributed by atoms with Crippen molar-refractivity contribution in [3.05, 3.63) is 54.6 Å². The Morgan fingerprint density at radius 1 is 1.10 bits per heavy atom. The normalized spacial score (nSPS) is 22.8. The van der Waals surface area contributed by atoms with E-state index in [1.807, 2.05) is 32.2 Å². The summed E-state index contributed by atoms with van der Waals surface area (Å²) in [5.41, 5.74) is 0. The Balaban J connectivity index is 2.12. The molecule has 2 atom stereocenters. The number of likely N-dealkylation sites (tertiary alicyclic amines) is 1. The smallest absolute Gasteiger partial charge is 0.244 e. The Hall–Kier alpha value is -2.38. The second kappa shape index (κ2) is 8.16. The minimum atomic E-state index is -4.02. The van der Waals surface area contributed by atoms with Crippen LogP contribution in [-0.4, -0.2) is 62.6 Å². The van der Waals surface area contributed by atoms with Crippen molar-refractivity contribution < 1.29 is 17.9 Å². The van der Waals surface area contributed by atoms with Gasteiger partial charge in [0.25, 0.3) is 0 Å². The number of hydrogen-bond acceptors (Lipinski definition) is 5. The van der Waals surface area contributed by atoms with E-state index >= 15 is 0 Å². The van der Waals surface area contributed by atoms with Crippen LogP contribution in [0.15, 0.2) is 59.5 Å². The first-order valence-corrected chi connectivity index (χ1v) is 11.2. The number of carbonyl (C=O) groups excluding carboxylic acids is 1. The topological polar surface area (TPSA) is 66.9 Å². The quantitative estimate of drug-likeness (QED) is 0.749. The van der Waals surface area contributed by atoms with E-state index in [4.69, 9.17) is 4.74 Å². The molecule has 0 bridgehead atoms. The summed E-state index contributed by atoms with van der Waals surface area (Å²) in [6.45, 7) is 2.49. The molecule has 0 aliphatic carbocycles. The number of para-hydroxylation sites is 2. The number of nitrogens with zero attached hydrogens (tertiary/aromatic N) is 2. The molecule has 2 aromatic rings. The maximum Gasteiger partial charge on any atom is 0.244 e. The molecule has 156 valence electrons. The fraction of sp³-hybridized carbons (Fsp3) is 0.409. The van der Waals surface area contributed by atoms with Crippen LogP contribution in [0.4, 0.5) is 0 Å². The summed E-state index contributed by atoms with van der Waals surface area (Å²) in [5, 5.41) is 0. The molecule has 1 saturated heterocycles. The summed E-state index contributed by atoms with van der Waals surface area (Å²) < 4.78 is 32.3. The van der Waals surface area contributed by atoms with E-state index in [1.54, 1.807) is 44.4 Å². The lowest BCUT2D eigenvalue weighted by molar-refractivity contribution is -0.133. The van der Waals surface area contributed by atoms with Gasteiger partial charge < -0.3 is 14.5 Å². The van der Waals surface area contributed by atoms with Gasteiger partial charge in [0.2, 0.25) is 5.91 Å². The Morgan fingerprint density at radius 3 is 2.34 bits per heavy atom. The lowest BCUT2D eigenvalue weighted by Crippen LogP contribution is -2.59. The Bertz CT molecular complexity index is 975. The molecule has 0 aromatic heterocycles. The fourth-order valence-corrected chi connectivity index (χ4v) is 6.14. The van der Waals surface area contributed by atoms with Crippen molar-refractivity contribution in [2.75, 3.05) is 27.7 Å². The molecule has 6 nitrogen and oxygen atoms in total. The summed E-state index contributed by atoms with van der Waals surface area (Å²) in [6, 6.07) is 15.6. The largest absolute Gasteiger partial charge is 0.456 e. The second-order valence-corrected chi connectivity index (χ2v) is 10.1.